The zero-order valence-electron chi connectivity index (χ0n) is 28.2. The summed E-state index contributed by atoms with van der Waals surface area (Å²) in [6, 6.07) is 11.3. The van der Waals surface area contributed by atoms with Crippen LogP contribution in [0.1, 0.15) is 24.4 Å². The Balaban J connectivity index is 1.14. The number of rotatable bonds is 11. The van der Waals surface area contributed by atoms with Crippen LogP contribution in [0.25, 0.3) is 11.2 Å². The number of imidazole rings is 1. The Morgan fingerprint density at radius 3 is 2.45 bits per heavy atom. The first-order valence-corrected chi connectivity index (χ1v) is 18.5. The molecule has 0 spiro atoms. The summed E-state index contributed by atoms with van der Waals surface area (Å²) in [6.45, 7) is 0.356. The molecule has 6 atom stereocenters. The average molecular weight is 750 g/mol. The normalized spacial score (nSPS) is 23.7. The first-order valence-electron chi connectivity index (χ1n) is 17.0. The second kappa shape index (κ2) is 14.5. The molecule has 2 aromatic carbocycles. The summed E-state index contributed by atoms with van der Waals surface area (Å²) in [6.07, 6.45) is -0.283. The molecule has 9 N–H and O–H groups in total. The van der Waals surface area contributed by atoms with Gasteiger partial charge in [-0.15, -0.1) is 0 Å². The highest BCUT2D eigenvalue weighted by atomic mass is 32.2. The number of aromatic nitrogens is 4. The van der Waals surface area contributed by atoms with Gasteiger partial charge in [-0.05, 0) is 49.1 Å². The van der Waals surface area contributed by atoms with E-state index in [1.165, 1.54) is 30.6 Å². The van der Waals surface area contributed by atoms with Gasteiger partial charge in [0.15, 0.2) is 17.0 Å². The van der Waals surface area contributed by atoms with Crippen molar-refractivity contribution in [2.45, 2.75) is 60.5 Å². The fourth-order valence-corrected chi connectivity index (χ4v) is 7.59. The van der Waals surface area contributed by atoms with Crippen molar-refractivity contribution in [2.75, 3.05) is 41.8 Å². The van der Waals surface area contributed by atoms with Crippen molar-refractivity contribution < 1.29 is 38.1 Å². The minimum atomic E-state index is -3.88. The first kappa shape index (κ1) is 36.0. The summed E-state index contributed by atoms with van der Waals surface area (Å²) in [5.41, 5.74) is 1.99. The second-order valence-corrected chi connectivity index (χ2v) is 14.8. The van der Waals surface area contributed by atoms with Gasteiger partial charge < -0.3 is 46.1 Å². The van der Waals surface area contributed by atoms with E-state index in [0.29, 0.717) is 48.6 Å². The molecular formula is C33H39N11O8S. The summed E-state index contributed by atoms with van der Waals surface area (Å²) >= 11 is 0. The van der Waals surface area contributed by atoms with Gasteiger partial charge in [0.2, 0.25) is 21.9 Å². The fourth-order valence-electron chi connectivity index (χ4n) is 7.07. The van der Waals surface area contributed by atoms with Crippen molar-refractivity contribution in [2.24, 2.45) is 5.14 Å². The van der Waals surface area contributed by atoms with Crippen LogP contribution in [0, 0.1) is 0 Å². The molecule has 280 valence electrons. The zero-order chi connectivity index (χ0) is 37.4. The van der Waals surface area contributed by atoms with E-state index in [4.69, 9.17) is 15.1 Å². The van der Waals surface area contributed by atoms with Crippen molar-refractivity contribution in [3.8, 4) is 0 Å². The number of sulfonamides is 1. The number of aliphatic hydroxyl groups is 3. The molecule has 19 nitrogen and oxygen atoms in total. The highest BCUT2D eigenvalue weighted by Crippen LogP contribution is 2.37. The Labute approximate surface area is 303 Å². The van der Waals surface area contributed by atoms with E-state index in [-0.39, 0.29) is 36.5 Å². The van der Waals surface area contributed by atoms with E-state index in [2.05, 4.69) is 26.3 Å². The van der Waals surface area contributed by atoms with Crippen LogP contribution in [0.3, 0.4) is 0 Å². The molecule has 20 heteroatoms. The van der Waals surface area contributed by atoms with E-state index in [0.717, 1.165) is 10.5 Å². The van der Waals surface area contributed by atoms with Crippen molar-refractivity contribution in [1.29, 1.82) is 0 Å². The van der Waals surface area contributed by atoms with Crippen LogP contribution in [0.2, 0.25) is 0 Å². The summed E-state index contributed by atoms with van der Waals surface area (Å²) in [4.78, 5) is 54.7. The largest absolute Gasteiger partial charge is 0.394 e. The van der Waals surface area contributed by atoms with Crippen LogP contribution in [0.4, 0.5) is 27.0 Å². The molecule has 1 aliphatic carbocycles. The highest BCUT2D eigenvalue weighted by molar-refractivity contribution is 7.89. The number of hydrogen-bond acceptors (Lipinski definition) is 13. The van der Waals surface area contributed by atoms with Crippen LogP contribution in [0.15, 0.2) is 65.8 Å². The number of anilines is 3. The second-order valence-electron chi connectivity index (χ2n) is 13.3. The standard InChI is InChI=1S/C33H39N11O8S/c34-53(51,52)22-8-6-19(7-9-22)38-32(49)39-20-10-11-42(15-20)31-40-29(37-21(16-45)12-18-4-2-1-3-5-18)26-30(41-31)43(17-36-26)23-13-24(28(48)27(23)47)44-25(46)14-35-33(44)50/h1-9,17,20-21,23-24,27-28,45,47-48H,10-16H2,(H,35,50)(H2,34,51,52)(H,37,40,41)(H2,38,39,49)/t20?,21-,23+,24-,27-,28+/m0/s1. The molecule has 7 rings (SSSR count). The molecule has 4 aromatic rings. The third-order valence-electron chi connectivity index (χ3n) is 9.73. The Morgan fingerprint density at radius 2 is 1.77 bits per heavy atom. The molecule has 2 aliphatic heterocycles. The minimum absolute atomic E-state index is 0.0396. The van der Waals surface area contributed by atoms with Crippen LogP contribution in [0.5, 0.6) is 0 Å². The summed E-state index contributed by atoms with van der Waals surface area (Å²) < 4.78 is 24.7. The molecule has 53 heavy (non-hydrogen) atoms. The molecule has 3 aliphatic rings. The number of imide groups is 1. The maximum atomic E-state index is 12.8. The Morgan fingerprint density at radius 1 is 1.04 bits per heavy atom. The van der Waals surface area contributed by atoms with E-state index in [1.54, 1.807) is 4.57 Å². The van der Waals surface area contributed by atoms with E-state index < -0.39 is 58.3 Å². The van der Waals surface area contributed by atoms with Gasteiger partial charge in [-0.3, -0.25) is 9.69 Å². The van der Waals surface area contributed by atoms with Gasteiger partial charge in [-0.1, -0.05) is 30.3 Å². The summed E-state index contributed by atoms with van der Waals surface area (Å²) in [5.74, 6) is 0.0902. The van der Waals surface area contributed by atoms with Gasteiger partial charge >= 0.3 is 12.1 Å². The van der Waals surface area contributed by atoms with Gasteiger partial charge in [0.05, 0.1) is 42.5 Å². The number of carbonyl (C=O) groups is 3. The molecule has 0 radical (unpaired) electrons. The number of primary sulfonamides is 1. The van der Waals surface area contributed by atoms with Crippen molar-refractivity contribution in [1.82, 2.24) is 35.1 Å². The lowest BCUT2D eigenvalue weighted by atomic mass is 10.1. The molecule has 0 bridgehead atoms. The number of carbonyl (C=O) groups excluding carboxylic acids is 3. The van der Waals surface area contributed by atoms with Gasteiger partial charge in [0, 0.05) is 24.8 Å². The van der Waals surface area contributed by atoms with Crippen molar-refractivity contribution >= 4 is 56.6 Å². The van der Waals surface area contributed by atoms with Crippen molar-refractivity contribution in [3.63, 3.8) is 0 Å². The quantitative estimate of drug-likeness (QED) is 0.0898. The lowest BCUT2D eigenvalue weighted by Gasteiger charge is -2.23. The van der Waals surface area contributed by atoms with Gasteiger partial charge in [-0.25, -0.2) is 28.1 Å². The molecule has 3 fully saturated rings. The Hall–Kier alpha value is -5.41. The maximum Gasteiger partial charge on any atom is 0.324 e. The Kier molecular flexibility index (Phi) is 9.87. The number of aliphatic hydroxyl groups excluding tert-OH is 3. The van der Waals surface area contributed by atoms with Crippen LogP contribution in [-0.2, 0) is 21.2 Å². The molecule has 1 unspecified atom stereocenters. The predicted molar refractivity (Wildman–Crippen MR) is 190 cm³/mol. The third kappa shape index (κ3) is 7.44. The molecule has 2 aromatic heterocycles. The minimum Gasteiger partial charge on any atom is -0.394 e. The number of nitrogens with one attached hydrogen (secondary N) is 4. The number of nitrogens with zero attached hydrogens (tertiary/aromatic N) is 6. The lowest BCUT2D eigenvalue weighted by Crippen LogP contribution is -2.46. The number of hydrogen-bond donors (Lipinski definition) is 8. The van der Waals surface area contributed by atoms with Gasteiger partial charge in [-0.2, -0.15) is 9.97 Å². The predicted octanol–water partition coefficient (Wildman–Crippen LogP) is -0.523. The van der Waals surface area contributed by atoms with Crippen molar-refractivity contribution in [3.05, 3.63) is 66.5 Å². The average Bonchev–Trinajstić information content (AvgIpc) is 3.91. The first-order chi connectivity index (χ1) is 25.4. The molecule has 2 saturated heterocycles. The lowest BCUT2D eigenvalue weighted by molar-refractivity contribution is -0.128. The van der Waals surface area contributed by atoms with Crippen LogP contribution < -0.4 is 31.3 Å². The fraction of sp³-hybridized carbons (Fsp3) is 0.394. The van der Waals surface area contributed by atoms with E-state index in [9.17, 15) is 38.1 Å². The number of amides is 5. The number of nitrogens with two attached hydrogens (primary N) is 1. The summed E-state index contributed by atoms with van der Waals surface area (Å²) in [5, 5.41) is 49.1. The SMILES string of the molecule is NS(=O)(=O)c1ccc(NC(=O)NC2CCN(c3nc(N[C@H](CO)Cc4ccccc4)c4ncn([C@@H]5C[C@H](N6C(=O)CNC6=O)[C@@H](O)[C@H]5O)c4n3)C2)cc1. The topological polar surface area (TPSA) is 270 Å². The van der Waals surface area contributed by atoms with E-state index >= 15 is 0 Å². The van der Waals surface area contributed by atoms with Gasteiger partial charge in [0.25, 0.3) is 0 Å². The molecule has 5 amide bonds. The molecular weight excluding hydrogens is 710 g/mol. The summed E-state index contributed by atoms with van der Waals surface area (Å²) in [7, 11) is -3.88. The zero-order valence-corrected chi connectivity index (χ0v) is 29.1. The number of urea groups is 2. The molecule has 1 saturated carbocycles. The maximum absolute atomic E-state index is 12.8. The number of benzene rings is 2. The molecule has 4 heterocycles. The Bertz CT molecular complexity index is 2100. The smallest absolute Gasteiger partial charge is 0.324 e. The monoisotopic (exact) mass is 749 g/mol. The third-order valence-corrected chi connectivity index (χ3v) is 10.7. The highest BCUT2D eigenvalue weighted by Gasteiger charge is 2.50. The van der Waals surface area contributed by atoms with E-state index in [1.807, 2.05) is 35.2 Å². The van der Waals surface area contributed by atoms with Crippen LogP contribution >= 0.6 is 0 Å². The van der Waals surface area contributed by atoms with Gasteiger partial charge in [0.1, 0.15) is 12.2 Å². The van der Waals surface area contributed by atoms with Crippen LogP contribution in [-0.4, -0.2) is 123 Å². The number of fused-ring (bicyclic) bond motifs is 1.